The largest absolute Gasteiger partial charge is 0.378 e. The summed E-state index contributed by atoms with van der Waals surface area (Å²) in [6, 6.07) is 1.59. The highest BCUT2D eigenvalue weighted by Crippen LogP contribution is 2.33. The topological polar surface area (TPSA) is 71.8 Å². The summed E-state index contributed by atoms with van der Waals surface area (Å²) in [5.74, 6) is 1.75. The van der Waals surface area contributed by atoms with Crippen molar-refractivity contribution < 1.29 is 4.74 Å². The van der Waals surface area contributed by atoms with Crippen LogP contribution in [-0.4, -0.2) is 46.7 Å². The van der Waals surface area contributed by atoms with Crippen molar-refractivity contribution in [3.63, 3.8) is 0 Å². The average molecular weight is 329 g/mol. The number of guanidine groups is 1. The molecule has 1 aromatic heterocycles. The minimum absolute atomic E-state index is 0.0330. The molecule has 24 heavy (non-hydrogen) atoms. The van der Waals surface area contributed by atoms with Crippen LogP contribution in [0, 0.1) is 12.8 Å². The normalized spacial score (nSPS) is 26.5. The lowest BCUT2D eigenvalue weighted by Gasteiger charge is -2.37. The molecule has 1 N–H and O–H groups in total. The third-order valence-corrected chi connectivity index (χ3v) is 4.86. The lowest BCUT2D eigenvalue weighted by Crippen LogP contribution is -2.48. The van der Waals surface area contributed by atoms with Gasteiger partial charge < -0.3 is 9.64 Å². The number of allylic oxidation sites excluding steroid dienone is 2. The molecule has 7 heteroatoms. The molecule has 3 aliphatic rings. The number of aryl methyl sites for hydroxylation is 1. The quantitative estimate of drug-likeness (QED) is 0.791. The summed E-state index contributed by atoms with van der Waals surface area (Å²) in [4.78, 5) is 24.3. The Hall–Kier alpha value is -2.15. The first-order valence-electron chi connectivity index (χ1n) is 8.65. The SMILES string of the molecule is Cc1cc(=O)n2c(n1)NC(N1CCOCC1)=N[C@H]2[C@H]1CC=CCC1. The van der Waals surface area contributed by atoms with Gasteiger partial charge in [0.15, 0.2) is 0 Å². The Balaban J connectivity index is 1.74. The number of nitrogens with zero attached hydrogens (tertiary/aromatic N) is 4. The highest BCUT2D eigenvalue weighted by atomic mass is 16.5. The van der Waals surface area contributed by atoms with E-state index in [9.17, 15) is 4.79 Å². The Morgan fingerprint density at radius 3 is 2.88 bits per heavy atom. The molecule has 0 spiro atoms. The van der Waals surface area contributed by atoms with E-state index in [1.165, 1.54) is 0 Å². The van der Waals surface area contributed by atoms with E-state index in [2.05, 4.69) is 27.4 Å². The van der Waals surface area contributed by atoms with Gasteiger partial charge >= 0.3 is 0 Å². The van der Waals surface area contributed by atoms with Gasteiger partial charge in [0, 0.05) is 30.8 Å². The van der Waals surface area contributed by atoms with E-state index in [1.807, 2.05) is 6.92 Å². The van der Waals surface area contributed by atoms with Crippen LogP contribution < -0.4 is 10.9 Å². The van der Waals surface area contributed by atoms with Gasteiger partial charge in [0.1, 0.15) is 6.17 Å². The zero-order chi connectivity index (χ0) is 16.5. The van der Waals surface area contributed by atoms with Crippen molar-refractivity contribution in [2.45, 2.75) is 32.4 Å². The molecule has 0 aromatic carbocycles. The van der Waals surface area contributed by atoms with Crippen molar-refractivity contribution in [2.75, 3.05) is 31.6 Å². The van der Waals surface area contributed by atoms with Crippen molar-refractivity contribution in [1.29, 1.82) is 0 Å². The molecule has 7 nitrogen and oxygen atoms in total. The van der Waals surface area contributed by atoms with Gasteiger partial charge in [-0.3, -0.25) is 14.7 Å². The van der Waals surface area contributed by atoms with Crippen molar-refractivity contribution >= 4 is 11.9 Å². The van der Waals surface area contributed by atoms with Crippen LogP contribution in [0.4, 0.5) is 5.95 Å². The molecule has 128 valence electrons. The number of rotatable bonds is 1. The summed E-state index contributed by atoms with van der Waals surface area (Å²) in [6.45, 7) is 4.86. The number of anilines is 1. The number of nitrogens with one attached hydrogen (secondary N) is 1. The second kappa shape index (κ2) is 6.39. The second-order valence-electron chi connectivity index (χ2n) is 6.56. The van der Waals surface area contributed by atoms with Crippen LogP contribution in [0.15, 0.2) is 28.0 Å². The fourth-order valence-electron chi connectivity index (χ4n) is 3.60. The summed E-state index contributed by atoms with van der Waals surface area (Å²) in [7, 11) is 0. The van der Waals surface area contributed by atoms with Crippen molar-refractivity contribution in [3.8, 4) is 0 Å². The molecule has 1 saturated heterocycles. The maximum atomic E-state index is 12.6. The number of hydrogen-bond donors (Lipinski definition) is 1. The monoisotopic (exact) mass is 329 g/mol. The van der Waals surface area contributed by atoms with Crippen molar-refractivity contribution in [2.24, 2.45) is 10.9 Å². The van der Waals surface area contributed by atoms with Gasteiger partial charge in [-0.1, -0.05) is 12.2 Å². The van der Waals surface area contributed by atoms with Gasteiger partial charge in [-0.05, 0) is 26.2 Å². The number of morpholine rings is 1. The molecular formula is C17H23N5O2. The Kier molecular flexibility index (Phi) is 4.10. The molecule has 2 atom stereocenters. The number of hydrogen-bond acceptors (Lipinski definition) is 6. The Labute approximate surface area is 141 Å². The fourth-order valence-corrected chi connectivity index (χ4v) is 3.60. The Morgan fingerprint density at radius 2 is 2.12 bits per heavy atom. The van der Waals surface area contributed by atoms with E-state index in [-0.39, 0.29) is 11.7 Å². The minimum Gasteiger partial charge on any atom is -0.378 e. The highest BCUT2D eigenvalue weighted by molar-refractivity contribution is 5.93. The van der Waals surface area contributed by atoms with Crippen LogP contribution in [0.1, 0.15) is 31.1 Å². The molecule has 0 saturated carbocycles. The summed E-state index contributed by atoms with van der Waals surface area (Å²) >= 11 is 0. The summed E-state index contributed by atoms with van der Waals surface area (Å²) in [5, 5.41) is 3.27. The summed E-state index contributed by atoms with van der Waals surface area (Å²) in [6.07, 6.45) is 7.25. The van der Waals surface area contributed by atoms with Crippen LogP contribution in [0.5, 0.6) is 0 Å². The van der Waals surface area contributed by atoms with E-state index < -0.39 is 0 Å². The molecule has 4 rings (SSSR count). The van der Waals surface area contributed by atoms with Gasteiger partial charge in [0.2, 0.25) is 11.9 Å². The van der Waals surface area contributed by atoms with Gasteiger partial charge in [-0.25, -0.2) is 9.98 Å². The van der Waals surface area contributed by atoms with Crippen LogP contribution in [0.25, 0.3) is 0 Å². The Bertz CT molecular complexity index is 733. The summed E-state index contributed by atoms with van der Waals surface area (Å²) < 4.78 is 7.16. The van der Waals surface area contributed by atoms with E-state index >= 15 is 0 Å². The fraction of sp³-hybridized carbons (Fsp3) is 0.588. The van der Waals surface area contributed by atoms with Crippen LogP contribution in [0.3, 0.4) is 0 Å². The van der Waals surface area contributed by atoms with Gasteiger partial charge in [-0.15, -0.1) is 0 Å². The molecule has 0 radical (unpaired) electrons. The van der Waals surface area contributed by atoms with E-state index in [0.29, 0.717) is 25.1 Å². The van der Waals surface area contributed by atoms with Gasteiger partial charge in [0.05, 0.1) is 13.2 Å². The number of ether oxygens (including phenoxy) is 1. The number of aromatic nitrogens is 2. The standard InChI is InChI=1S/C17H23N5O2/c1-12-11-14(23)22-15(13-5-3-2-4-6-13)19-16(20-17(22)18-12)21-7-9-24-10-8-21/h2-3,11,13,15H,4-10H2,1H3,(H,18,19,20)/t13-,15+/m0/s1. The van der Waals surface area contributed by atoms with Gasteiger partial charge in [-0.2, -0.15) is 0 Å². The zero-order valence-electron chi connectivity index (χ0n) is 13.9. The highest BCUT2D eigenvalue weighted by Gasteiger charge is 2.32. The maximum Gasteiger partial charge on any atom is 0.256 e. The lowest BCUT2D eigenvalue weighted by molar-refractivity contribution is 0.0672. The molecule has 3 heterocycles. The predicted octanol–water partition coefficient (Wildman–Crippen LogP) is 1.52. The van der Waals surface area contributed by atoms with E-state index in [1.54, 1.807) is 10.6 Å². The maximum absolute atomic E-state index is 12.6. The molecule has 0 bridgehead atoms. The first-order valence-corrected chi connectivity index (χ1v) is 8.65. The van der Waals surface area contributed by atoms with Crippen molar-refractivity contribution in [1.82, 2.24) is 14.5 Å². The van der Waals surface area contributed by atoms with E-state index in [0.717, 1.165) is 44.0 Å². The molecule has 0 unspecified atom stereocenters. The molecule has 1 aliphatic carbocycles. The molecular weight excluding hydrogens is 306 g/mol. The van der Waals surface area contributed by atoms with Crippen LogP contribution >= 0.6 is 0 Å². The Morgan fingerprint density at radius 1 is 1.29 bits per heavy atom. The molecule has 1 aromatic rings. The van der Waals surface area contributed by atoms with Crippen LogP contribution in [0.2, 0.25) is 0 Å². The predicted molar refractivity (Wildman–Crippen MR) is 92.2 cm³/mol. The zero-order valence-corrected chi connectivity index (χ0v) is 13.9. The second-order valence-corrected chi connectivity index (χ2v) is 6.56. The first kappa shape index (κ1) is 15.4. The van der Waals surface area contributed by atoms with Crippen LogP contribution in [-0.2, 0) is 4.74 Å². The minimum atomic E-state index is -0.190. The summed E-state index contributed by atoms with van der Waals surface area (Å²) in [5.41, 5.74) is 0.693. The molecule has 2 aliphatic heterocycles. The molecule has 0 amide bonds. The molecule has 1 fully saturated rings. The van der Waals surface area contributed by atoms with E-state index in [4.69, 9.17) is 9.73 Å². The lowest BCUT2D eigenvalue weighted by atomic mass is 9.91. The number of aliphatic imine (C=N–C) groups is 1. The first-order chi connectivity index (χ1) is 11.7. The van der Waals surface area contributed by atoms with Gasteiger partial charge in [0.25, 0.3) is 5.56 Å². The number of fused-ring (bicyclic) bond motifs is 1. The third kappa shape index (κ3) is 2.84. The third-order valence-electron chi connectivity index (χ3n) is 4.86. The van der Waals surface area contributed by atoms with Crippen molar-refractivity contribution in [3.05, 3.63) is 34.3 Å². The average Bonchev–Trinajstić information content (AvgIpc) is 2.62. The smallest absolute Gasteiger partial charge is 0.256 e.